The number of likely N-dealkylation sites (N-methyl/N-ethyl adjacent to an activating group) is 1. The number of aliphatic hydroxyl groups excluding tert-OH is 1. The van der Waals surface area contributed by atoms with Gasteiger partial charge in [-0.05, 0) is 20.4 Å². The molecule has 2 heterocycles. The molecule has 1 aliphatic rings. The lowest BCUT2D eigenvalue weighted by Gasteiger charge is -2.33. The van der Waals surface area contributed by atoms with Crippen molar-refractivity contribution < 1.29 is 14.6 Å². The van der Waals surface area contributed by atoms with Crippen LogP contribution < -0.4 is 5.32 Å². The van der Waals surface area contributed by atoms with Crippen LogP contribution in [0.3, 0.4) is 0 Å². The molecule has 0 aliphatic carbocycles. The SMILES string of the molecule is CNC[C@@H]1OCc2cn(nn2)CCCC(=O)N([C@H](C)CO)C[C@@H]1C. The minimum atomic E-state index is -0.197. The molecule has 1 aliphatic heterocycles. The lowest BCUT2D eigenvalue weighted by atomic mass is 10.0. The number of nitrogens with one attached hydrogen (secondary N) is 1. The van der Waals surface area contributed by atoms with Gasteiger partial charge in [0.25, 0.3) is 0 Å². The van der Waals surface area contributed by atoms with Crippen molar-refractivity contribution in [2.45, 2.75) is 52.0 Å². The first-order chi connectivity index (χ1) is 11.5. The Kier molecular flexibility index (Phi) is 7.14. The Labute approximate surface area is 143 Å². The highest BCUT2D eigenvalue weighted by molar-refractivity contribution is 5.76. The Hall–Kier alpha value is -1.51. The third-order valence-electron chi connectivity index (χ3n) is 4.45. The summed E-state index contributed by atoms with van der Waals surface area (Å²) in [5.41, 5.74) is 0.800. The van der Waals surface area contributed by atoms with Gasteiger partial charge in [-0.1, -0.05) is 12.1 Å². The largest absolute Gasteiger partial charge is 0.394 e. The van der Waals surface area contributed by atoms with Gasteiger partial charge in [0, 0.05) is 32.0 Å². The van der Waals surface area contributed by atoms with E-state index >= 15 is 0 Å². The summed E-state index contributed by atoms with van der Waals surface area (Å²) in [5, 5.41) is 20.8. The van der Waals surface area contributed by atoms with Crippen molar-refractivity contribution in [3.63, 3.8) is 0 Å². The molecule has 1 amide bonds. The highest BCUT2D eigenvalue weighted by atomic mass is 16.5. The summed E-state index contributed by atoms with van der Waals surface area (Å²) >= 11 is 0. The molecule has 0 saturated heterocycles. The summed E-state index contributed by atoms with van der Waals surface area (Å²) < 4.78 is 7.77. The molecule has 2 rings (SSSR count). The van der Waals surface area contributed by atoms with Gasteiger partial charge in [-0.25, -0.2) is 0 Å². The Morgan fingerprint density at radius 1 is 1.54 bits per heavy atom. The second kappa shape index (κ2) is 9.10. The maximum Gasteiger partial charge on any atom is 0.222 e. The number of carbonyl (C=O) groups is 1. The number of ether oxygens (including phenoxy) is 1. The van der Waals surface area contributed by atoms with E-state index in [2.05, 4.69) is 22.6 Å². The van der Waals surface area contributed by atoms with E-state index in [1.807, 2.05) is 20.2 Å². The smallest absolute Gasteiger partial charge is 0.222 e. The molecule has 1 aromatic heterocycles. The van der Waals surface area contributed by atoms with Gasteiger partial charge in [-0.3, -0.25) is 9.48 Å². The molecule has 3 atom stereocenters. The van der Waals surface area contributed by atoms with Crippen molar-refractivity contribution in [2.24, 2.45) is 5.92 Å². The van der Waals surface area contributed by atoms with Crippen molar-refractivity contribution in [3.8, 4) is 0 Å². The van der Waals surface area contributed by atoms with E-state index in [9.17, 15) is 9.90 Å². The number of amides is 1. The molecule has 0 radical (unpaired) electrons. The molecular weight excluding hydrogens is 310 g/mol. The fourth-order valence-electron chi connectivity index (χ4n) is 2.92. The van der Waals surface area contributed by atoms with E-state index in [0.717, 1.165) is 5.69 Å². The van der Waals surface area contributed by atoms with Crippen LogP contribution in [-0.2, 0) is 22.7 Å². The number of aromatic nitrogens is 3. The summed E-state index contributed by atoms with van der Waals surface area (Å²) in [6.07, 6.45) is 2.95. The number of rotatable bonds is 4. The Morgan fingerprint density at radius 2 is 2.33 bits per heavy atom. The molecular formula is C16H29N5O3. The van der Waals surface area contributed by atoms with Crippen LogP contribution in [0, 0.1) is 5.92 Å². The minimum absolute atomic E-state index is 0.0396. The Balaban J connectivity index is 2.18. The molecule has 136 valence electrons. The van der Waals surface area contributed by atoms with E-state index in [4.69, 9.17) is 4.74 Å². The molecule has 0 fully saturated rings. The summed E-state index contributed by atoms with van der Waals surface area (Å²) in [6, 6.07) is -0.197. The van der Waals surface area contributed by atoms with Crippen LogP contribution in [0.25, 0.3) is 0 Å². The number of fused-ring (bicyclic) bond motifs is 2. The second-order valence-corrected chi connectivity index (χ2v) is 6.54. The normalized spacial score (nSPS) is 24.8. The third kappa shape index (κ3) is 4.99. The van der Waals surface area contributed by atoms with Crippen LogP contribution in [-0.4, -0.2) is 69.8 Å². The van der Waals surface area contributed by atoms with Gasteiger partial charge >= 0.3 is 0 Å². The standard InChI is InChI=1S/C16H29N5O3/c1-12-8-21(13(2)10-22)16(23)5-4-6-20-9-14(18-19-20)11-24-15(12)7-17-3/h9,12-13,15,17,22H,4-8,10-11H2,1-3H3/t12-,13+,15-/m0/s1. The predicted molar refractivity (Wildman–Crippen MR) is 89.2 cm³/mol. The quantitative estimate of drug-likeness (QED) is 0.804. The highest BCUT2D eigenvalue weighted by Gasteiger charge is 2.26. The van der Waals surface area contributed by atoms with Gasteiger partial charge in [-0.2, -0.15) is 0 Å². The number of aliphatic hydroxyl groups is 1. The van der Waals surface area contributed by atoms with Crippen molar-refractivity contribution in [1.82, 2.24) is 25.2 Å². The minimum Gasteiger partial charge on any atom is -0.394 e. The molecule has 2 bridgehead atoms. The number of aryl methyl sites for hydroxylation is 1. The monoisotopic (exact) mass is 339 g/mol. The summed E-state index contributed by atoms with van der Waals surface area (Å²) in [5.74, 6) is 0.192. The summed E-state index contributed by atoms with van der Waals surface area (Å²) in [6.45, 7) is 6.21. The first kappa shape index (κ1) is 18.8. The molecule has 0 aromatic carbocycles. The molecule has 24 heavy (non-hydrogen) atoms. The van der Waals surface area contributed by atoms with Gasteiger partial charge < -0.3 is 20.1 Å². The second-order valence-electron chi connectivity index (χ2n) is 6.54. The van der Waals surface area contributed by atoms with E-state index in [0.29, 0.717) is 39.1 Å². The lowest BCUT2D eigenvalue weighted by molar-refractivity contribution is -0.136. The fraction of sp³-hybridized carbons (Fsp3) is 0.812. The first-order valence-electron chi connectivity index (χ1n) is 8.60. The average Bonchev–Trinajstić information content (AvgIpc) is 3.02. The maximum absolute atomic E-state index is 12.6. The molecule has 2 N–H and O–H groups in total. The van der Waals surface area contributed by atoms with E-state index in [-0.39, 0.29) is 30.6 Å². The third-order valence-corrected chi connectivity index (χ3v) is 4.45. The number of hydrogen-bond donors (Lipinski definition) is 2. The van der Waals surface area contributed by atoms with Crippen molar-refractivity contribution in [1.29, 1.82) is 0 Å². The lowest BCUT2D eigenvalue weighted by Crippen LogP contribution is -2.46. The van der Waals surface area contributed by atoms with Crippen LogP contribution in [0.5, 0.6) is 0 Å². The molecule has 8 heteroatoms. The molecule has 8 nitrogen and oxygen atoms in total. The number of nitrogens with zero attached hydrogens (tertiary/aromatic N) is 4. The summed E-state index contributed by atoms with van der Waals surface area (Å²) in [7, 11) is 1.88. The van der Waals surface area contributed by atoms with Gasteiger partial charge in [0.1, 0.15) is 5.69 Å². The van der Waals surface area contributed by atoms with Crippen LogP contribution in [0.2, 0.25) is 0 Å². The van der Waals surface area contributed by atoms with Gasteiger partial charge in [0.2, 0.25) is 5.91 Å². The Bertz CT molecular complexity index is 522. The van der Waals surface area contributed by atoms with Crippen LogP contribution in [0.4, 0.5) is 0 Å². The molecule has 0 saturated carbocycles. The maximum atomic E-state index is 12.6. The van der Waals surface area contributed by atoms with Gasteiger partial charge in [0.15, 0.2) is 0 Å². The van der Waals surface area contributed by atoms with Gasteiger partial charge in [-0.15, -0.1) is 5.10 Å². The zero-order valence-corrected chi connectivity index (χ0v) is 14.8. The zero-order chi connectivity index (χ0) is 17.5. The molecule has 1 aromatic rings. The molecule has 0 unspecified atom stereocenters. The van der Waals surface area contributed by atoms with Crippen molar-refractivity contribution in [3.05, 3.63) is 11.9 Å². The van der Waals surface area contributed by atoms with Crippen LogP contribution >= 0.6 is 0 Å². The highest BCUT2D eigenvalue weighted by Crippen LogP contribution is 2.16. The van der Waals surface area contributed by atoms with Crippen LogP contribution in [0.15, 0.2) is 6.20 Å². The van der Waals surface area contributed by atoms with E-state index in [1.165, 1.54) is 0 Å². The van der Waals surface area contributed by atoms with Gasteiger partial charge in [0.05, 0.1) is 31.6 Å². The van der Waals surface area contributed by atoms with E-state index < -0.39 is 0 Å². The van der Waals surface area contributed by atoms with Crippen molar-refractivity contribution in [2.75, 3.05) is 26.7 Å². The predicted octanol–water partition coefficient (Wildman–Crippen LogP) is 0.0220. The molecule has 0 spiro atoms. The fourth-order valence-corrected chi connectivity index (χ4v) is 2.92. The number of hydrogen-bond acceptors (Lipinski definition) is 6. The zero-order valence-electron chi connectivity index (χ0n) is 14.8. The number of carbonyl (C=O) groups excluding carboxylic acids is 1. The summed E-state index contributed by atoms with van der Waals surface area (Å²) in [4.78, 5) is 14.4. The average molecular weight is 339 g/mol. The van der Waals surface area contributed by atoms with Crippen LogP contribution in [0.1, 0.15) is 32.4 Å². The van der Waals surface area contributed by atoms with Crippen molar-refractivity contribution >= 4 is 5.91 Å². The topological polar surface area (TPSA) is 92.5 Å². The Morgan fingerprint density at radius 3 is 3.04 bits per heavy atom. The van der Waals surface area contributed by atoms with E-state index in [1.54, 1.807) is 9.58 Å². The first-order valence-corrected chi connectivity index (χ1v) is 8.60.